The van der Waals surface area contributed by atoms with Gasteiger partial charge in [0, 0.05) is 25.7 Å². The van der Waals surface area contributed by atoms with Gasteiger partial charge >= 0.3 is 6.09 Å². The highest BCUT2D eigenvalue weighted by Gasteiger charge is 2.25. The number of nitro benzene ring substituents is 1. The molecule has 1 aromatic carbocycles. The number of rotatable bonds is 3. The summed E-state index contributed by atoms with van der Waals surface area (Å²) in [5.74, 6) is 0. The lowest BCUT2D eigenvalue weighted by Crippen LogP contribution is -2.39. The summed E-state index contributed by atoms with van der Waals surface area (Å²) >= 11 is 0. The Morgan fingerprint density at radius 2 is 2.04 bits per heavy atom. The first kappa shape index (κ1) is 18.8. The predicted octanol–water partition coefficient (Wildman–Crippen LogP) is 3.97. The van der Waals surface area contributed by atoms with E-state index < -0.39 is 5.60 Å². The molecule has 0 aliphatic carbocycles. The van der Waals surface area contributed by atoms with Crippen molar-refractivity contribution in [1.82, 2.24) is 4.90 Å². The van der Waals surface area contributed by atoms with E-state index in [4.69, 9.17) is 4.74 Å². The van der Waals surface area contributed by atoms with Crippen LogP contribution in [-0.2, 0) is 4.74 Å². The molecule has 1 aromatic rings. The maximum Gasteiger partial charge on any atom is 0.410 e. The summed E-state index contributed by atoms with van der Waals surface area (Å²) < 4.78 is 5.39. The predicted molar refractivity (Wildman–Crippen MR) is 97.8 cm³/mol. The van der Waals surface area contributed by atoms with Gasteiger partial charge in [-0.25, -0.2) is 4.79 Å². The topological polar surface area (TPSA) is 84.7 Å². The molecule has 1 heterocycles. The zero-order valence-corrected chi connectivity index (χ0v) is 15.4. The van der Waals surface area contributed by atoms with E-state index in [-0.39, 0.29) is 16.7 Å². The summed E-state index contributed by atoms with van der Waals surface area (Å²) in [6.07, 6.45) is 2.34. The molecule has 0 unspecified atom stereocenters. The standard InChI is InChI=1S/C18H25N3O4/c1-12-10-14(11-15(19-5)16(12)21(23)24)13-6-8-20(9-7-13)17(22)25-18(2,3)4/h6,10-11,19H,7-9H2,1-5H3. The van der Waals surface area contributed by atoms with Crippen molar-refractivity contribution in [2.45, 2.75) is 39.7 Å². The highest BCUT2D eigenvalue weighted by molar-refractivity contribution is 5.77. The first-order valence-corrected chi connectivity index (χ1v) is 8.26. The Hall–Kier alpha value is -2.57. The van der Waals surface area contributed by atoms with Crippen molar-refractivity contribution in [2.24, 2.45) is 0 Å². The second-order valence-corrected chi connectivity index (χ2v) is 7.10. The molecular formula is C18H25N3O4. The Kier molecular flexibility index (Phi) is 5.35. The SMILES string of the molecule is CNc1cc(C2=CCN(C(=O)OC(C)(C)C)CC2)cc(C)c1[N+](=O)[O-]. The van der Waals surface area contributed by atoms with Gasteiger partial charge in [0.05, 0.1) is 4.92 Å². The summed E-state index contributed by atoms with van der Waals surface area (Å²) in [4.78, 5) is 24.6. The van der Waals surface area contributed by atoms with Crippen LogP contribution in [0.1, 0.15) is 38.3 Å². The molecule has 1 amide bonds. The molecule has 0 radical (unpaired) electrons. The Bertz CT molecular complexity index is 720. The van der Waals surface area contributed by atoms with Gasteiger partial charge < -0.3 is 15.0 Å². The van der Waals surface area contributed by atoms with Gasteiger partial charge in [0.2, 0.25) is 0 Å². The fraction of sp³-hybridized carbons (Fsp3) is 0.500. The molecule has 1 aliphatic rings. The van der Waals surface area contributed by atoms with Crippen LogP contribution in [0.2, 0.25) is 0 Å². The van der Waals surface area contributed by atoms with Crippen LogP contribution < -0.4 is 5.32 Å². The van der Waals surface area contributed by atoms with Gasteiger partial charge in [-0.2, -0.15) is 0 Å². The van der Waals surface area contributed by atoms with Crippen LogP contribution in [0.4, 0.5) is 16.2 Å². The van der Waals surface area contributed by atoms with Crippen LogP contribution in [0.3, 0.4) is 0 Å². The fourth-order valence-electron chi connectivity index (χ4n) is 2.82. The monoisotopic (exact) mass is 347 g/mol. The minimum absolute atomic E-state index is 0.0954. The molecule has 2 rings (SSSR count). The van der Waals surface area contributed by atoms with Crippen LogP contribution >= 0.6 is 0 Å². The summed E-state index contributed by atoms with van der Waals surface area (Å²) in [6.45, 7) is 8.29. The normalized spacial score (nSPS) is 14.8. The lowest BCUT2D eigenvalue weighted by atomic mass is 9.96. The maximum atomic E-state index is 12.1. The molecule has 7 nitrogen and oxygen atoms in total. The van der Waals surface area contributed by atoms with E-state index in [1.54, 1.807) is 24.9 Å². The van der Waals surface area contributed by atoms with E-state index in [0.717, 1.165) is 11.1 Å². The largest absolute Gasteiger partial charge is 0.444 e. The number of hydrogen-bond donors (Lipinski definition) is 1. The van der Waals surface area contributed by atoms with Crippen LogP contribution in [0, 0.1) is 17.0 Å². The van der Waals surface area contributed by atoms with Gasteiger partial charge in [0.15, 0.2) is 0 Å². The molecule has 0 saturated carbocycles. The highest BCUT2D eigenvalue weighted by Crippen LogP contribution is 2.34. The zero-order chi connectivity index (χ0) is 18.8. The van der Waals surface area contributed by atoms with Crippen molar-refractivity contribution in [3.63, 3.8) is 0 Å². The van der Waals surface area contributed by atoms with Crippen molar-refractivity contribution < 1.29 is 14.5 Å². The molecule has 136 valence electrons. The second-order valence-electron chi connectivity index (χ2n) is 7.10. The van der Waals surface area contributed by atoms with Gasteiger partial charge in [0.25, 0.3) is 5.69 Å². The van der Waals surface area contributed by atoms with Crippen molar-refractivity contribution in [3.05, 3.63) is 39.4 Å². The average Bonchev–Trinajstić information content (AvgIpc) is 2.52. The van der Waals surface area contributed by atoms with E-state index in [9.17, 15) is 14.9 Å². The second kappa shape index (κ2) is 7.13. The van der Waals surface area contributed by atoms with Crippen molar-refractivity contribution in [3.8, 4) is 0 Å². The number of carbonyl (C=O) groups is 1. The van der Waals surface area contributed by atoms with Gasteiger partial charge in [0.1, 0.15) is 11.3 Å². The summed E-state index contributed by atoms with van der Waals surface area (Å²) in [5.41, 5.74) is 2.71. The zero-order valence-electron chi connectivity index (χ0n) is 15.4. The molecule has 1 N–H and O–H groups in total. The van der Waals surface area contributed by atoms with Crippen LogP contribution in [-0.4, -0.2) is 41.7 Å². The molecule has 0 fully saturated rings. The van der Waals surface area contributed by atoms with E-state index in [0.29, 0.717) is 30.8 Å². The minimum atomic E-state index is -0.516. The van der Waals surface area contributed by atoms with Crippen LogP contribution in [0.25, 0.3) is 5.57 Å². The third-order valence-corrected chi connectivity index (χ3v) is 3.98. The number of nitro groups is 1. The molecule has 0 atom stereocenters. The van der Waals surface area contributed by atoms with E-state index in [2.05, 4.69) is 5.32 Å². The number of benzene rings is 1. The van der Waals surface area contributed by atoms with Gasteiger partial charge in [-0.1, -0.05) is 6.08 Å². The third-order valence-electron chi connectivity index (χ3n) is 3.98. The lowest BCUT2D eigenvalue weighted by molar-refractivity contribution is -0.384. The number of anilines is 1. The maximum absolute atomic E-state index is 12.1. The van der Waals surface area contributed by atoms with Gasteiger partial charge in [-0.05, 0) is 57.4 Å². The number of nitrogens with zero attached hydrogens (tertiary/aromatic N) is 2. The number of aryl methyl sites for hydroxylation is 1. The molecule has 0 bridgehead atoms. The summed E-state index contributed by atoms with van der Waals surface area (Å²) in [5, 5.41) is 14.1. The third kappa shape index (κ3) is 4.49. The van der Waals surface area contributed by atoms with Crippen LogP contribution in [0.5, 0.6) is 0 Å². The Balaban J connectivity index is 2.20. The molecule has 1 aliphatic heterocycles. The van der Waals surface area contributed by atoms with E-state index >= 15 is 0 Å². The lowest BCUT2D eigenvalue weighted by Gasteiger charge is -2.29. The summed E-state index contributed by atoms with van der Waals surface area (Å²) in [7, 11) is 1.67. The first-order valence-electron chi connectivity index (χ1n) is 8.26. The Morgan fingerprint density at radius 1 is 1.36 bits per heavy atom. The number of ether oxygens (including phenoxy) is 1. The molecule has 0 spiro atoms. The smallest absolute Gasteiger partial charge is 0.410 e. The molecule has 7 heteroatoms. The van der Waals surface area contributed by atoms with Crippen molar-refractivity contribution >= 4 is 23.0 Å². The molecule has 0 aromatic heterocycles. The Labute approximate surface area is 147 Å². The Morgan fingerprint density at radius 3 is 2.52 bits per heavy atom. The number of amides is 1. The number of hydrogen-bond acceptors (Lipinski definition) is 5. The van der Waals surface area contributed by atoms with E-state index in [1.165, 1.54) is 0 Å². The van der Waals surface area contributed by atoms with Crippen LogP contribution in [0.15, 0.2) is 18.2 Å². The number of nitrogens with one attached hydrogen (secondary N) is 1. The first-order chi connectivity index (χ1) is 11.6. The minimum Gasteiger partial charge on any atom is -0.444 e. The average molecular weight is 347 g/mol. The van der Waals surface area contributed by atoms with E-state index in [1.807, 2.05) is 32.9 Å². The highest BCUT2D eigenvalue weighted by atomic mass is 16.6. The van der Waals surface area contributed by atoms with Crippen molar-refractivity contribution in [1.29, 1.82) is 0 Å². The molecule has 25 heavy (non-hydrogen) atoms. The number of carbonyl (C=O) groups excluding carboxylic acids is 1. The quantitative estimate of drug-likeness (QED) is 0.660. The fourth-order valence-corrected chi connectivity index (χ4v) is 2.82. The molecular weight excluding hydrogens is 322 g/mol. The van der Waals surface area contributed by atoms with Gasteiger partial charge in [-0.3, -0.25) is 10.1 Å². The molecule has 0 saturated heterocycles. The van der Waals surface area contributed by atoms with Gasteiger partial charge in [-0.15, -0.1) is 0 Å². The summed E-state index contributed by atoms with van der Waals surface area (Å²) in [6, 6.07) is 3.62. The van der Waals surface area contributed by atoms with Crippen molar-refractivity contribution in [2.75, 3.05) is 25.5 Å².